The first-order valence-corrected chi connectivity index (χ1v) is 6.12. The number of hydrogen-bond acceptors (Lipinski definition) is 5. The van der Waals surface area contributed by atoms with E-state index >= 15 is 0 Å². The Balaban J connectivity index is 2.09. The van der Waals surface area contributed by atoms with Crippen LogP contribution >= 0.6 is 0 Å². The average molecular weight is 242 g/mol. The van der Waals surface area contributed by atoms with E-state index in [1.807, 2.05) is 0 Å². The molecule has 2 aromatic heterocycles. The number of nitrogens with zero attached hydrogens (tertiary/aromatic N) is 2. The van der Waals surface area contributed by atoms with Crippen LogP contribution in [0.5, 0.6) is 0 Å². The number of anilines is 1. The fourth-order valence-corrected chi connectivity index (χ4v) is 2.24. The minimum Gasteiger partial charge on any atom is -0.361 e. The van der Waals surface area contributed by atoms with E-state index in [2.05, 4.69) is 20.1 Å². The topological polar surface area (TPSA) is 101 Å². The van der Waals surface area contributed by atoms with Crippen LogP contribution in [0.1, 0.15) is 11.5 Å². The number of hydrogen-bond donors (Lipinski definition) is 2. The highest BCUT2D eigenvalue weighted by atomic mass is 32.2. The van der Waals surface area contributed by atoms with Crippen molar-refractivity contribution in [2.24, 2.45) is 0 Å². The Labute approximate surface area is 91.9 Å². The van der Waals surface area contributed by atoms with E-state index in [-0.39, 0.29) is 5.75 Å². The largest absolute Gasteiger partial charge is 0.361 e. The van der Waals surface area contributed by atoms with Crippen molar-refractivity contribution in [1.29, 1.82) is 0 Å². The van der Waals surface area contributed by atoms with Gasteiger partial charge in [-0.1, -0.05) is 5.16 Å². The highest BCUT2D eigenvalue weighted by Gasteiger charge is 2.15. The van der Waals surface area contributed by atoms with Crippen molar-refractivity contribution < 1.29 is 12.9 Å². The fraction of sp³-hybridized carbons (Fsp3) is 0.250. The quantitative estimate of drug-likeness (QED) is 0.819. The van der Waals surface area contributed by atoms with Gasteiger partial charge in [0.15, 0.2) is 0 Å². The van der Waals surface area contributed by atoms with Crippen LogP contribution in [0.4, 0.5) is 5.82 Å². The molecule has 0 aliphatic carbocycles. The molecule has 86 valence electrons. The Morgan fingerprint density at radius 1 is 1.56 bits per heavy atom. The molecule has 0 unspecified atom stereocenters. The zero-order chi connectivity index (χ0) is 11.6. The van der Waals surface area contributed by atoms with Gasteiger partial charge in [0.2, 0.25) is 10.0 Å². The lowest BCUT2D eigenvalue weighted by molar-refractivity contribution is 0.392. The molecule has 0 radical (unpaired) electrons. The van der Waals surface area contributed by atoms with Gasteiger partial charge in [0.25, 0.3) is 0 Å². The van der Waals surface area contributed by atoms with Gasteiger partial charge in [-0.15, -0.1) is 0 Å². The summed E-state index contributed by atoms with van der Waals surface area (Å²) in [6.45, 7) is 1.70. The maximum Gasteiger partial charge on any atom is 0.239 e. The minimum absolute atomic E-state index is 0.233. The Morgan fingerprint density at radius 2 is 2.38 bits per heavy atom. The molecule has 0 spiro atoms. The third-order valence-electron chi connectivity index (χ3n) is 1.78. The number of aromatic nitrogens is 3. The van der Waals surface area contributed by atoms with Crippen LogP contribution in [0, 0.1) is 6.92 Å². The number of rotatable bonds is 4. The van der Waals surface area contributed by atoms with Gasteiger partial charge in [0, 0.05) is 12.1 Å². The monoisotopic (exact) mass is 242 g/mol. The number of sulfonamides is 1. The fourth-order valence-electron chi connectivity index (χ4n) is 1.20. The van der Waals surface area contributed by atoms with Gasteiger partial charge >= 0.3 is 0 Å². The summed E-state index contributed by atoms with van der Waals surface area (Å²) >= 11 is 0. The zero-order valence-corrected chi connectivity index (χ0v) is 9.28. The second-order valence-electron chi connectivity index (χ2n) is 3.26. The lowest BCUT2D eigenvalue weighted by Crippen LogP contribution is -2.15. The molecule has 0 aromatic carbocycles. The molecule has 0 bridgehead atoms. The molecule has 16 heavy (non-hydrogen) atoms. The van der Waals surface area contributed by atoms with Crippen LogP contribution < -0.4 is 4.72 Å². The van der Waals surface area contributed by atoms with Gasteiger partial charge < -0.3 is 4.52 Å². The Morgan fingerprint density at radius 3 is 2.94 bits per heavy atom. The van der Waals surface area contributed by atoms with Crippen LogP contribution in [-0.2, 0) is 15.8 Å². The molecule has 8 heteroatoms. The molecular formula is C8H10N4O3S. The number of nitrogens with one attached hydrogen (secondary N) is 2. The summed E-state index contributed by atoms with van der Waals surface area (Å²) in [5.74, 6) is 0.663. The van der Waals surface area contributed by atoms with Crippen molar-refractivity contribution in [3.8, 4) is 0 Å². The Kier molecular flexibility index (Phi) is 2.65. The van der Waals surface area contributed by atoms with E-state index < -0.39 is 10.0 Å². The predicted molar refractivity (Wildman–Crippen MR) is 56.1 cm³/mol. The van der Waals surface area contributed by atoms with Gasteiger partial charge in [-0.05, 0) is 6.92 Å². The molecule has 2 heterocycles. The van der Waals surface area contributed by atoms with Crippen LogP contribution in [0.3, 0.4) is 0 Å². The number of aryl methyl sites for hydroxylation is 1. The lowest BCUT2D eigenvalue weighted by Gasteiger charge is -2.02. The third-order valence-corrected chi connectivity index (χ3v) is 2.99. The van der Waals surface area contributed by atoms with Crippen molar-refractivity contribution in [2.75, 3.05) is 4.72 Å². The highest BCUT2D eigenvalue weighted by molar-refractivity contribution is 7.91. The van der Waals surface area contributed by atoms with E-state index in [1.165, 1.54) is 12.3 Å². The highest BCUT2D eigenvalue weighted by Crippen LogP contribution is 2.09. The van der Waals surface area contributed by atoms with Crippen molar-refractivity contribution in [3.63, 3.8) is 0 Å². The van der Waals surface area contributed by atoms with Gasteiger partial charge in [-0.25, -0.2) is 8.42 Å². The summed E-state index contributed by atoms with van der Waals surface area (Å²) < 4.78 is 30.4. The standard InChI is InChI=1S/C8H10N4O3S/c1-6-4-7(11-15-6)5-16(13,14)12-8-2-3-9-10-8/h2-4H,5H2,1H3,(H2,9,10,12). The van der Waals surface area contributed by atoms with E-state index in [0.29, 0.717) is 17.3 Å². The van der Waals surface area contributed by atoms with E-state index in [9.17, 15) is 8.42 Å². The van der Waals surface area contributed by atoms with Crippen LogP contribution in [0.2, 0.25) is 0 Å². The summed E-state index contributed by atoms with van der Waals surface area (Å²) in [5, 5.41) is 9.74. The van der Waals surface area contributed by atoms with Gasteiger partial charge in [-0.3, -0.25) is 9.82 Å². The van der Waals surface area contributed by atoms with Crippen LogP contribution in [0.25, 0.3) is 0 Å². The molecule has 0 aliphatic rings. The maximum absolute atomic E-state index is 11.6. The zero-order valence-electron chi connectivity index (χ0n) is 8.47. The maximum atomic E-state index is 11.6. The molecule has 2 N–H and O–H groups in total. The first-order valence-electron chi connectivity index (χ1n) is 4.47. The Bertz CT molecular complexity index is 558. The molecule has 0 saturated carbocycles. The van der Waals surface area contributed by atoms with Crippen LogP contribution in [0.15, 0.2) is 22.9 Å². The molecular weight excluding hydrogens is 232 g/mol. The van der Waals surface area contributed by atoms with E-state index in [1.54, 1.807) is 13.0 Å². The number of H-pyrrole nitrogens is 1. The van der Waals surface area contributed by atoms with Crippen molar-refractivity contribution in [2.45, 2.75) is 12.7 Å². The normalized spacial score (nSPS) is 11.6. The minimum atomic E-state index is -3.49. The summed E-state index contributed by atoms with van der Waals surface area (Å²) in [6.07, 6.45) is 1.46. The molecule has 0 amide bonds. The van der Waals surface area contributed by atoms with Crippen molar-refractivity contribution in [3.05, 3.63) is 29.8 Å². The second kappa shape index (κ2) is 3.97. The predicted octanol–water partition coefficient (Wildman–Crippen LogP) is 0.648. The molecule has 2 aromatic rings. The van der Waals surface area contributed by atoms with Crippen molar-refractivity contribution >= 4 is 15.8 Å². The summed E-state index contributed by atoms with van der Waals surface area (Å²) in [5.41, 5.74) is 0.365. The second-order valence-corrected chi connectivity index (χ2v) is 4.98. The van der Waals surface area contributed by atoms with Gasteiger partial charge in [0.05, 0.1) is 6.20 Å². The van der Waals surface area contributed by atoms with Crippen LogP contribution in [-0.4, -0.2) is 23.8 Å². The summed E-state index contributed by atoms with van der Waals surface area (Å²) in [4.78, 5) is 0. The molecule has 0 atom stereocenters. The summed E-state index contributed by atoms with van der Waals surface area (Å²) in [7, 11) is -3.49. The third kappa shape index (κ3) is 2.60. The average Bonchev–Trinajstić information content (AvgIpc) is 2.76. The molecule has 7 nitrogen and oxygen atoms in total. The first-order chi connectivity index (χ1) is 7.55. The van der Waals surface area contributed by atoms with E-state index in [4.69, 9.17) is 4.52 Å². The van der Waals surface area contributed by atoms with E-state index in [0.717, 1.165) is 0 Å². The molecule has 0 saturated heterocycles. The molecule has 0 fully saturated rings. The van der Waals surface area contributed by atoms with Gasteiger partial charge in [-0.2, -0.15) is 5.10 Å². The SMILES string of the molecule is Cc1cc(CS(=O)(=O)Nc2ccn[nH]2)no1. The smallest absolute Gasteiger partial charge is 0.239 e. The Hall–Kier alpha value is -1.83. The van der Waals surface area contributed by atoms with Crippen molar-refractivity contribution in [1.82, 2.24) is 15.4 Å². The van der Waals surface area contributed by atoms with Gasteiger partial charge in [0.1, 0.15) is 23.0 Å². The molecule has 2 rings (SSSR count). The molecule has 0 aliphatic heterocycles. The first kappa shape index (κ1) is 10.7. The lowest BCUT2D eigenvalue weighted by atomic mass is 10.4. The number of aromatic amines is 1. The summed E-state index contributed by atoms with van der Waals surface area (Å²) in [6, 6.07) is 3.10.